The molecule has 0 aliphatic rings. The van der Waals surface area contributed by atoms with Crippen LogP contribution in [0.2, 0.25) is 5.15 Å². The Labute approximate surface area is 174 Å². The van der Waals surface area contributed by atoms with Crippen LogP contribution in [0.25, 0.3) is 11.0 Å². The van der Waals surface area contributed by atoms with E-state index in [1.54, 1.807) is 18.5 Å². The standard InChI is InChI=1S/C21H24ClN3O4/c1-12(2)10-25-20(22)19(14(4)24-25)21(27)28-11-18(26)23-13(3)17-9-15-7-5-6-8-16(15)29-17/h5-9,12-13H,10-11H2,1-4H3,(H,23,26)/t13-/m0/s1. The Balaban J connectivity index is 1.59. The van der Waals surface area contributed by atoms with Gasteiger partial charge in [-0.25, -0.2) is 4.79 Å². The number of rotatable bonds is 7. The highest BCUT2D eigenvalue weighted by Gasteiger charge is 2.23. The molecule has 8 heteroatoms. The number of halogens is 1. The summed E-state index contributed by atoms with van der Waals surface area (Å²) >= 11 is 6.27. The second kappa shape index (κ2) is 8.69. The van der Waals surface area contributed by atoms with Gasteiger partial charge in [-0.2, -0.15) is 5.10 Å². The van der Waals surface area contributed by atoms with Crippen LogP contribution in [0.5, 0.6) is 0 Å². The largest absolute Gasteiger partial charge is 0.459 e. The van der Waals surface area contributed by atoms with E-state index in [-0.39, 0.29) is 16.8 Å². The van der Waals surface area contributed by atoms with Crippen LogP contribution in [0.15, 0.2) is 34.7 Å². The van der Waals surface area contributed by atoms with Gasteiger partial charge in [-0.05, 0) is 31.9 Å². The molecule has 3 aromatic rings. The van der Waals surface area contributed by atoms with Crippen molar-refractivity contribution >= 4 is 34.4 Å². The number of esters is 1. The lowest BCUT2D eigenvalue weighted by atomic mass is 10.2. The van der Waals surface area contributed by atoms with Crippen molar-refractivity contribution in [3.8, 4) is 0 Å². The number of hydrogen-bond donors (Lipinski definition) is 1. The van der Waals surface area contributed by atoms with Gasteiger partial charge >= 0.3 is 5.97 Å². The molecule has 7 nitrogen and oxygen atoms in total. The molecule has 3 rings (SSSR count). The molecular formula is C21H24ClN3O4. The number of carbonyl (C=O) groups is 2. The number of amides is 1. The first-order valence-electron chi connectivity index (χ1n) is 9.44. The third kappa shape index (κ3) is 4.79. The van der Waals surface area contributed by atoms with E-state index in [9.17, 15) is 9.59 Å². The van der Waals surface area contributed by atoms with E-state index >= 15 is 0 Å². The summed E-state index contributed by atoms with van der Waals surface area (Å²) in [5, 5.41) is 8.22. The van der Waals surface area contributed by atoms with Gasteiger partial charge in [0.25, 0.3) is 5.91 Å². The monoisotopic (exact) mass is 417 g/mol. The first-order valence-corrected chi connectivity index (χ1v) is 9.82. The average Bonchev–Trinajstić information content (AvgIpc) is 3.20. The number of furan rings is 1. The maximum Gasteiger partial charge on any atom is 0.343 e. The van der Waals surface area contributed by atoms with Crippen LogP contribution in [0.3, 0.4) is 0 Å². The first-order chi connectivity index (χ1) is 13.8. The lowest BCUT2D eigenvalue weighted by Crippen LogP contribution is -2.31. The summed E-state index contributed by atoms with van der Waals surface area (Å²) in [5.41, 5.74) is 1.40. The van der Waals surface area contributed by atoms with Crippen LogP contribution in [-0.4, -0.2) is 28.3 Å². The van der Waals surface area contributed by atoms with Gasteiger partial charge in [-0.1, -0.05) is 43.6 Å². The summed E-state index contributed by atoms with van der Waals surface area (Å²) in [6.07, 6.45) is 0. The third-order valence-electron chi connectivity index (χ3n) is 4.39. The minimum absolute atomic E-state index is 0.186. The molecule has 0 saturated heterocycles. The molecule has 2 heterocycles. The summed E-state index contributed by atoms with van der Waals surface area (Å²) in [6, 6.07) is 9.10. The van der Waals surface area contributed by atoms with Crippen molar-refractivity contribution in [2.45, 2.75) is 40.3 Å². The summed E-state index contributed by atoms with van der Waals surface area (Å²) in [6.45, 7) is 7.70. The number of carbonyl (C=O) groups excluding carboxylic acids is 2. The Morgan fingerprint density at radius 3 is 2.69 bits per heavy atom. The van der Waals surface area contributed by atoms with E-state index in [0.29, 0.717) is 23.9 Å². The fraction of sp³-hybridized carbons (Fsp3) is 0.381. The topological polar surface area (TPSA) is 86.4 Å². The van der Waals surface area contributed by atoms with E-state index in [0.717, 1.165) is 11.0 Å². The number of ether oxygens (including phenoxy) is 1. The summed E-state index contributed by atoms with van der Waals surface area (Å²) in [4.78, 5) is 24.6. The normalized spacial score (nSPS) is 12.3. The molecular weight excluding hydrogens is 394 g/mol. The molecule has 1 amide bonds. The Morgan fingerprint density at radius 1 is 1.28 bits per heavy atom. The molecule has 1 N–H and O–H groups in total. The summed E-state index contributed by atoms with van der Waals surface area (Å²) < 4.78 is 12.5. The molecule has 0 radical (unpaired) electrons. The second-order valence-corrected chi connectivity index (χ2v) is 7.74. The summed E-state index contributed by atoms with van der Waals surface area (Å²) in [5.74, 6) is -0.162. The molecule has 0 saturated carbocycles. The van der Waals surface area contributed by atoms with Gasteiger partial charge in [-0.15, -0.1) is 0 Å². The Bertz CT molecular complexity index is 1000. The molecule has 29 heavy (non-hydrogen) atoms. The molecule has 1 atom stereocenters. The minimum Gasteiger partial charge on any atom is -0.459 e. The van der Waals surface area contributed by atoms with Gasteiger partial charge < -0.3 is 14.5 Å². The number of nitrogens with zero attached hydrogens (tertiary/aromatic N) is 2. The number of aromatic nitrogens is 2. The van der Waals surface area contributed by atoms with Crippen molar-refractivity contribution in [1.82, 2.24) is 15.1 Å². The molecule has 0 aliphatic heterocycles. The average molecular weight is 418 g/mol. The highest BCUT2D eigenvalue weighted by molar-refractivity contribution is 6.32. The molecule has 0 unspecified atom stereocenters. The second-order valence-electron chi connectivity index (χ2n) is 7.38. The van der Waals surface area contributed by atoms with Crippen LogP contribution in [-0.2, 0) is 16.1 Å². The molecule has 2 aromatic heterocycles. The van der Waals surface area contributed by atoms with Crippen molar-refractivity contribution < 1.29 is 18.7 Å². The van der Waals surface area contributed by atoms with Crippen LogP contribution < -0.4 is 5.32 Å². The van der Waals surface area contributed by atoms with Crippen molar-refractivity contribution in [1.29, 1.82) is 0 Å². The van der Waals surface area contributed by atoms with Crippen LogP contribution in [0.1, 0.15) is 48.6 Å². The lowest BCUT2D eigenvalue weighted by molar-refractivity contribution is -0.125. The minimum atomic E-state index is -0.672. The lowest BCUT2D eigenvalue weighted by Gasteiger charge is -2.11. The zero-order valence-corrected chi connectivity index (χ0v) is 17.6. The smallest absolute Gasteiger partial charge is 0.343 e. The number of nitrogens with one attached hydrogen (secondary N) is 1. The predicted molar refractivity (Wildman–Crippen MR) is 110 cm³/mol. The number of benzene rings is 1. The van der Waals surface area contributed by atoms with Crippen molar-refractivity contribution in [2.24, 2.45) is 5.92 Å². The van der Waals surface area contributed by atoms with E-state index in [1.807, 2.05) is 44.2 Å². The van der Waals surface area contributed by atoms with E-state index in [4.69, 9.17) is 20.8 Å². The fourth-order valence-corrected chi connectivity index (χ4v) is 3.35. The molecule has 0 aliphatic carbocycles. The third-order valence-corrected chi connectivity index (χ3v) is 4.77. The van der Waals surface area contributed by atoms with Gasteiger partial charge in [0, 0.05) is 11.9 Å². The number of fused-ring (bicyclic) bond motifs is 1. The van der Waals surface area contributed by atoms with E-state index in [1.165, 1.54) is 0 Å². The Hall–Kier alpha value is -2.80. The van der Waals surface area contributed by atoms with Crippen LogP contribution in [0.4, 0.5) is 0 Å². The van der Waals surface area contributed by atoms with Crippen molar-refractivity contribution in [3.05, 3.63) is 52.5 Å². The fourth-order valence-electron chi connectivity index (χ4n) is 3.03. The van der Waals surface area contributed by atoms with Gasteiger partial charge in [0.05, 0.1) is 11.7 Å². The Morgan fingerprint density at radius 2 is 2.00 bits per heavy atom. The SMILES string of the molecule is Cc1nn(CC(C)C)c(Cl)c1C(=O)OCC(=O)N[C@@H](C)c1cc2ccccc2o1. The first kappa shape index (κ1) is 20.9. The molecule has 1 aromatic carbocycles. The van der Waals surface area contributed by atoms with Gasteiger partial charge in [0.2, 0.25) is 0 Å². The van der Waals surface area contributed by atoms with Crippen LogP contribution in [0, 0.1) is 12.8 Å². The number of aryl methyl sites for hydroxylation is 1. The maximum atomic E-state index is 12.4. The zero-order chi connectivity index (χ0) is 21.1. The molecule has 0 spiro atoms. The van der Waals surface area contributed by atoms with Crippen molar-refractivity contribution in [3.63, 3.8) is 0 Å². The quantitative estimate of drug-likeness (QED) is 0.580. The van der Waals surface area contributed by atoms with Gasteiger partial charge in [0.15, 0.2) is 6.61 Å². The molecule has 0 fully saturated rings. The Kier molecular flexibility index (Phi) is 6.27. The maximum absolute atomic E-state index is 12.4. The highest BCUT2D eigenvalue weighted by atomic mass is 35.5. The van der Waals surface area contributed by atoms with Gasteiger partial charge in [-0.3, -0.25) is 9.48 Å². The van der Waals surface area contributed by atoms with Gasteiger partial charge in [0.1, 0.15) is 22.1 Å². The predicted octanol–water partition coefficient (Wildman–Crippen LogP) is 4.28. The molecule has 154 valence electrons. The molecule has 0 bridgehead atoms. The van der Waals surface area contributed by atoms with Crippen LogP contribution >= 0.6 is 11.6 Å². The van der Waals surface area contributed by atoms with E-state index < -0.39 is 18.5 Å². The zero-order valence-electron chi connectivity index (χ0n) is 16.9. The summed E-state index contributed by atoms with van der Waals surface area (Å²) in [7, 11) is 0. The van der Waals surface area contributed by atoms with Crippen molar-refractivity contribution in [2.75, 3.05) is 6.61 Å². The van der Waals surface area contributed by atoms with E-state index in [2.05, 4.69) is 10.4 Å². The highest BCUT2D eigenvalue weighted by Crippen LogP contribution is 2.24. The number of hydrogen-bond acceptors (Lipinski definition) is 5. The number of para-hydroxylation sites is 1.